The van der Waals surface area contributed by atoms with Crippen molar-refractivity contribution in [2.24, 2.45) is 5.92 Å². The van der Waals surface area contributed by atoms with Crippen molar-refractivity contribution in [2.75, 3.05) is 6.54 Å². The topological polar surface area (TPSA) is 103 Å². The van der Waals surface area contributed by atoms with Crippen molar-refractivity contribution in [2.45, 2.75) is 114 Å². The molecule has 3 amide bonds. The van der Waals surface area contributed by atoms with Gasteiger partial charge in [-0.1, -0.05) is 42.7 Å². The van der Waals surface area contributed by atoms with Crippen LogP contribution in [0.3, 0.4) is 0 Å². The summed E-state index contributed by atoms with van der Waals surface area (Å²) in [5, 5.41) is 13.0. The maximum Gasteiger partial charge on any atom is 0.408 e. The van der Waals surface area contributed by atoms with Crippen molar-refractivity contribution in [3.8, 4) is 6.07 Å². The molecule has 5 rings (SSSR count). The number of nitriles is 1. The Morgan fingerprint density at radius 2 is 1.87 bits per heavy atom. The number of hydrogen-bond donors (Lipinski definition) is 1. The molecule has 1 aromatic rings. The first-order chi connectivity index (χ1) is 18.0. The highest BCUT2D eigenvalue weighted by Crippen LogP contribution is 2.58. The van der Waals surface area contributed by atoms with E-state index in [1.165, 1.54) is 0 Å². The molecule has 8 heteroatoms. The standard InChI is InChI=1S/C30H40N4O4/c1-19-8-7-9-20(16-19)22-18-33(30(14-15-30)23(22)17-31)27(36)25-13-12-21-10-5-6-11-24(26(35)34(21)25)32-28(37)38-29(2,3)4/h7-9,16,21-25H,5-6,10-15,18H2,1-4H3,(H,32,37)/t21-,22-,23-,24-,25-/m0/s1. The molecule has 4 fully saturated rings. The molecule has 38 heavy (non-hydrogen) atoms. The third-order valence-corrected chi connectivity index (χ3v) is 8.85. The number of alkyl carbamates (subject to hydrolysis) is 1. The van der Waals surface area contributed by atoms with Gasteiger partial charge in [0.1, 0.15) is 17.7 Å². The van der Waals surface area contributed by atoms with Gasteiger partial charge < -0.3 is 19.9 Å². The minimum Gasteiger partial charge on any atom is -0.444 e. The number of likely N-dealkylation sites (tertiary alicyclic amines) is 1. The van der Waals surface area contributed by atoms with E-state index in [1.807, 2.05) is 24.0 Å². The Morgan fingerprint density at radius 3 is 2.53 bits per heavy atom. The largest absolute Gasteiger partial charge is 0.444 e. The summed E-state index contributed by atoms with van der Waals surface area (Å²) >= 11 is 0. The van der Waals surface area contributed by atoms with Crippen LogP contribution in [0.5, 0.6) is 0 Å². The van der Waals surface area contributed by atoms with E-state index in [9.17, 15) is 19.6 Å². The number of hydrogen-bond acceptors (Lipinski definition) is 5. The zero-order valence-electron chi connectivity index (χ0n) is 23.0. The highest BCUT2D eigenvalue weighted by Gasteiger charge is 2.64. The number of carbonyl (C=O) groups is 3. The Balaban J connectivity index is 1.38. The molecule has 8 nitrogen and oxygen atoms in total. The van der Waals surface area contributed by atoms with Gasteiger partial charge >= 0.3 is 6.09 Å². The molecule has 0 unspecified atom stereocenters. The molecular formula is C30H40N4O4. The summed E-state index contributed by atoms with van der Waals surface area (Å²) in [5.74, 6) is -0.513. The normalized spacial score (nSPS) is 30.3. The minimum absolute atomic E-state index is 0.00298. The zero-order valence-corrected chi connectivity index (χ0v) is 23.0. The van der Waals surface area contributed by atoms with Gasteiger partial charge in [0.2, 0.25) is 11.8 Å². The highest BCUT2D eigenvalue weighted by molar-refractivity contribution is 5.93. The number of benzene rings is 1. The molecule has 4 aliphatic rings. The van der Waals surface area contributed by atoms with Gasteiger partial charge in [0.15, 0.2) is 0 Å². The predicted molar refractivity (Wildman–Crippen MR) is 142 cm³/mol. The average molecular weight is 521 g/mol. The van der Waals surface area contributed by atoms with Crippen molar-refractivity contribution < 1.29 is 19.1 Å². The van der Waals surface area contributed by atoms with Crippen LogP contribution < -0.4 is 5.32 Å². The first-order valence-electron chi connectivity index (χ1n) is 14.1. The fraction of sp³-hybridized carbons (Fsp3) is 0.667. The van der Waals surface area contributed by atoms with Crippen molar-refractivity contribution >= 4 is 17.9 Å². The molecular weight excluding hydrogens is 480 g/mol. The monoisotopic (exact) mass is 520 g/mol. The van der Waals surface area contributed by atoms with E-state index in [-0.39, 0.29) is 29.7 Å². The second kappa shape index (κ2) is 9.91. The average Bonchev–Trinajstić information content (AvgIpc) is 3.40. The number of rotatable bonds is 3. The number of nitrogens with zero attached hydrogens (tertiary/aromatic N) is 3. The second-order valence-electron chi connectivity index (χ2n) is 12.7. The maximum absolute atomic E-state index is 14.2. The highest BCUT2D eigenvalue weighted by atomic mass is 16.6. The summed E-state index contributed by atoms with van der Waals surface area (Å²) < 4.78 is 5.42. The first-order valence-corrected chi connectivity index (χ1v) is 14.1. The number of carbonyl (C=O) groups excluding carboxylic acids is 3. The van der Waals surface area contributed by atoms with Gasteiger partial charge in [-0.25, -0.2) is 4.79 Å². The summed E-state index contributed by atoms with van der Waals surface area (Å²) in [6.07, 6.45) is 5.63. The molecule has 0 aromatic heterocycles. The fourth-order valence-corrected chi connectivity index (χ4v) is 6.99. The van der Waals surface area contributed by atoms with Crippen LogP contribution in [-0.4, -0.2) is 63.5 Å². The number of fused-ring (bicyclic) bond motifs is 1. The summed E-state index contributed by atoms with van der Waals surface area (Å²) in [6.45, 7) is 7.92. The molecule has 3 heterocycles. The minimum atomic E-state index is -0.707. The molecule has 1 saturated carbocycles. The SMILES string of the molecule is Cc1cccc([C@@H]2CN(C(=O)[C@@H]3CC[C@@H]4CCCC[C@H](NC(=O)OC(C)(C)C)C(=O)N43)C3(CC3)[C@H]2C#N)c1. The van der Waals surface area contributed by atoms with Crippen LogP contribution >= 0.6 is 0 Å². The molecule has 3 aliphatic heterocycles. The third kappa shape index (κ3) is 4.88. The Morgan fingerprint density at radius 1 is 1.13 bits per heavy atom. The molecule has 1 N–H and O–H groups in total. The maximum atomic E-state index is 14.2. The van der Waals surface area contributed by atoms with Crippen LogP contribution in [0.15, 0.2) is 24.3 Å². The van der Waals surface area contributed by atoms with Gasteiger partial charge in [0.05, 0.1) is 17.5 Å². The third-order valence-electron chi connectivity index (χ3n) is 8.85. The zero-order chi connectivity index (χ0) is 27.2. The van der Waals surface area contributed by atoms with E-state index >= 15 is 0 Å². The second-order valence-corrected chi connectivity index (χ2v) is 12.7. The number of ether oxygens (including phenoxy) is 1. The van der Waals surface area contributed by atoms with Gasteiger partial charge in [-0.05, 0) is 71.8 Å². The summed E-state index contributed by atoms with van der Waals surface area (Å²) in [7, 11) is 0. The molecule has 1 aliphatic carbocycles. The van der Waals surface area contributed by atoms with Crippen molar-refractivity contribution in [3.63, 3.8) is 0 Å². The Labute approximate surface area is 225 Å². The summed E-state index contributed by atoms with van der Waals surface area (Å²) in [6, 6.07) is 9.54. The quantitative estimate of drug-likeness (QED) is 0.636. The van der Waals surface area contributed by atoms with E-state index < -0.39 is 29.3 Å². The van der Waals surface area contributed by atoms with Crippen LogP contribution in [-0.2, 0) is 14.3 Å². The van der Waals surface area contributed by atoms with Gasteiger partial charge in [0, 0.05) is 18.5 Å². The smallest absolute Gasteiger partial charge is 0.408 e. The van der Waals surface area contributed by atoms with Gasteiger partial charge in [-0.15, -0.1) is 0 Å². The van der Waals surface area contributed by atoms with Crippen LogP contribution in [0.4, 0.5) is 4.79 Å². The Bertz CT molecular complexity index is 1150. The molecule has 3 saturated heterocycles. The Kier molecular flexibility index (Phi) is 6.91. The van der Waals surface area contributed by atoms with E-state index in [4.69, 9.17) is 4.74 Å². The summed E-state index contributed by atoms with van der Waals surface area (Å²) in [5.41, 5.74) is 1.15. The predicted octanol–water partition coefficient (Wildman–Crippen LogP) is 4.42. The number of amides is 3. The summed E-state index contributed by atoms with van der Waals surface area (Å²) in [4.78, 5) is 44.4. The fourth-order valence-electron chi connectivity index (χ4n) is 6.99. The Hall–Kier alpha value is -3.08. The molecule has 5 atom stereocenters. The molecule has 0 bridgehead atoms. The lowest BCUT2D eigenvalue weighted by molar-refractivity contribution is -0.148. The van der Waals surface area contributed by atoms with E-state index in [0.717, 1.165) is 49.7 Å². The van der Waals surface area contributed by atoms with Crippen LogP contribution in [0.2, 0.25) is 0 Å². The first kappa shape index (κ1) is 26.5. The molecule has 204 valence electrons. The van der Waals surface area contributed by atoms with Gasteiger partial charge in [-0.2, -0.15) is 5.26 Å². The van der Waals surface area contributed by atoms with Crippen LogP contribution in [0.25, 0.3) is 0 Å². The van der Waals surface area contributed by atoms with Gasteiger partial charge in [0.25, 0.3) is 0 Å². The van der Waals surface area contributed by atoms with E-state index in [2.05, 4.69) is 23.5 Å². The lowest BCUT2D eigenvalue weighted by Crippen LogP contribution is -2.58. The lowest BCUT2D eigenvalue weighted by atomic mass is 9.84. The van der Waals surface area contributed by atoms with Gasteiger partial charge in [-0.3, -0.25) is 9.59 Å². The molecule has 1 spiro atoms. The lowest BCUT2D eigenvalue weighted by Gasteiger charge is -2.37. The van der Waals surface area contributed by atoms with Crippen LogP contribution in [0.1, 0.15) is 89.2 Å². The molecule has 1 aromatic carbocycles. The van der Waals surface area contributed by atoms with E-state index in [0.29, 0.717) is 19.4 Å². The van der Waals surface area contributed by atoms with E-state index in [1.54, 1.807) is 25.7 Å². The van der Waals surface area contributed by atoms with Crippen LogP contribution in [0, 0.1) is 24.2 Å². The van der Waals surface area contributed by atoms with Crippen molar-refractivity contribution in [3.05, 3.63) is 35.4 Å². The number of nitrogens with one attached hydrogen (secondary N) is 1. The van der Waals surface area contributed by atoms with Crippen molar-refractivity contribution in [1.82, 2.24) is 15.1 Å². The number of aryl methyl sites for hydroxylation is 1. The van der Waals surface area contributed by atoms with Crippen molar-refractivity contribution in [1.29, 1.82) is 5.26 Å². The molecule has 0 radical (unpaired) electrons.